The van der Waals surface area contributed by atoms with Crippen LogP contribution in [-0.4, -0.2) is 154 Å². The third-order valence-corrected chi connectivity index (χ3v) is 17.9. The number of carbonyl (C=O) groups excluding carboxylic acids is 1. The molecular formula is C67H56O29. The lowest BCUT2D eigenvalue weighted by atomic mass is 9.71. The lowest BCUT2D eigenvalue weighted by Gasteiger charge is -2.45. The number of phenolic OH excluding ortho intramolecular Hbond substituents is 18. The number of ether oxygens (including phenoxy) is 5. The second-order valence-electron chi connectivity index (χ2n) is 23.7. The van der Waals surface area contributed by atoms with E-state index in [0.29, 0.717) is 6.07 Å². The lowest BCUT2D eigenvalue weighted by molar-refractivity contribution is -0.0410. The largest absolute Gasteiger partial charge is 0.512 e. The molecule has 0 spiro atoms. The summed E-state index contributed by atoms with van der Waals surface area (Å²) in [6.45, 7) is 0. The second-order valence-corrected chi connectivity index (χ2v) is 23.7. The first kappa shape index (κ1) is 62.7. The molecule has 0 saturated carbocycles. The molecule has 0 fully saturated rings. The van der Waals surface area contributed by atoms with Gasteiger partial charge in [0.1, 0.15) is 81.9 Å². The summed E-state index contributed by atoms with van der Waals surface area (Å²) in [4.78, 5) is 13.9. The highest BCUT2D eigenvalue weighted by molar-refractivity contribution is 5.91. The quantitative estimate of drug-likeness (QED) is 0.0563. The smallest absolute Gasteiger partial charge is 0.338 e. The Kier molecular flexibility index (Phi) is 15.0. The van der Waals surface area contributed by atoms with Crippen molar-refractivity contribution < 1.29 is 146 Å². The molecule has 8 aromatic rings. The minimum Gasteiger partial charge on any atom is -0.512 e. The van der Waals surface area contributed by atoms with E-state index in [-0.39, 0.29) is 33.6 Å². The van der Waals surface area contributed by atoms with Gasteiger partial charge < -0.3 is 141 Å². The zero-order chi connectivity index (χ0) is 68.7. The van der Waals surface area contributed by atoms with Crippen LogP contribution in [0.3, 0.4) is 0 Å². The zero-order valence-electron chi connectivity index (χ0n) is 48.9. The number of aliphatic hydroxyl groups excluding tert-OH is 5. The van der Waals surface area contributed by atoms with Crippen molar-refractivity contribution >= 4 is 5.97 Å². The first-order valence-electron chi connectivity index (χ1n) is 29.0. The Labute approximate surface area is 537 Å². The molecule has 0 amide bonds. The molecule has 29 heteroatoms. The van der Waals surface area contributed by atoms with Crippen LogP contribution < -0.4 is 14.2 Å². The second kappa shape index (κ2) is 22.9. The van der Waals surface area contributed by atoms with E-state index in [9.17, 15) is 122 Å². The summed E-state index contributed by atoms with van der Waals surface area (Å²) in [5, 5.41) is 263. The van der Waals surface area contributed by atoms with Crippen molar-refractivity contribution in [1.82, 2.24) is 0 Å². The van der Waals surface area contributed by atoms with E-state index >= 15 is 0 Å². The van der Waals surface area contributed by atoms with Crippen molar-refractivity contribution in [3.8, 4) is 121 Å². The van der Waals surface area contributed by atoms with E-state index in [0.717, 1.165) is 84.9 Å². The maximum Gasteiger partial charge on any atom is 0.338 e. The minimum absolute atomic E-state index is 0.0281. The average molecular weight is 1330 g/mol. The van der Waals surface area contributed by atoms with Gasteiger partial charge in [0.2, 0.25) is 0 Å². The fourth-order valence-electron chi connectivity index (χ4n) is 13.5. The van der Waals surface area contributed by atoms with Crippen LogP contribution in [0.15, 0.2) is 120 Å². The number of fused-ring (bicyclic) bond motifs is 3. The number of allylic oxidation sites excluding steroid dienone is 1. The number of hydrogen-bond donors (Lipinski definition) is 23. The zero-order valence-corrected chi connectivity index (χ0v) is 48.9. The molecule has 5 aliphatic rings. The molecule has 0 aromatic heterocycles. The molecule has 8 unspecified atom stereocenters. The van der Waals surface area contributed by atoms with Crippen LogP contribution in [0.25, 0.3) is 0 Å². The number of carbonyl (C=O) groups is 1. The van der Waals surface area contributed by atoms with Crippen LogP contribution in [0.1, 0.15) is 115 Å². The molecule has 4 heterocycles. The Hall–Kier alpha value is -12.1. The third kappa shape index (κ3) is 10.1. The van der Waals surface area contributed by atoms with E-state index in [1.807, 2.05) is 0 Å². The number of phenols is 18. The molecule has 8 aromatic carbocycles. The van der Waals surface area contributed by atoms with Gasteiger partial charge in [0.25, 0.3) is 0 Å². The molecule has 0 radical (unpaired) electrons. The van der Waals surface area contributed by atoms with Gasteiger partial charge in [-0.15, -0.1) is 0 Å². The van der Waals surface area contributed by atoms with E-state index < -0.39 is 257 Å². The maximum atomic E-state index is 13.9. The predicted molar refractivity (Wildman–Crippen MR) is 321 cm³/mol. The highest BCUT2D eigenvalue weighted by atomic mass is 16.6. The molecule has 23 N–H and O–H groups in total. The Bertz CT molecular complexity index is 4610. The van der Waals surface area contributed by atoms with E-state index in [4.69, 9.17) is 23.7 Å². The van der Waals surface area contributed by atoms with Gasteiger partial charge in [-0.1, -0.05) is 18.2 Å². The molecule has 29 nitrogen and oxygen atoms in total. The van der Waals surface area contributed by atoms with Gasteiger partial charge in [0.05, 0.1) is 29.3 Å². The van der Waals surface area contributed by atoms with Crippen molar-refractivity contribution in [1.29, 1.82) is 0 Å². The summed E-state index contributed by atoms with van der Waals surface area (Å²) >= 11 is 0. The fourth-order valence-corrected chi connectivity index (χ4v) is 13.5. The first-order valence-corrected chi connectivity index (χ1v) is 29.0. The standard InChI is InChI=1S/C67H56O29/c68-25-14-34(76)46-44(15-25)92-61(21-2-5-28(70)32(74)8-21)57(88)52(46)48-36(78)18-38(80)50-54(58(89)62(95-65(48)50)22-3-6-29(71)33(75)9-22)51-39(81)19-37(79)49-53(59(90)63(96-66(49)51)23-10-40(82)55(86)41(83)11-23)47-35(77)17-30(72)26-16-45(93-67(91)24-12-42(84)56(87)43(85)13-24)60(94-64(26)47)20-1-4-27(69)31(73)7-20/h1-13,15,17-19,34,45,52-54,57-63,68-90H,14,16H2/t34?,45-,52?,53?,54?,57+,58-,59-,60?,61?,62?,63?/m1/s1. The van der Waals surface area contributed by atoms with Gasteiger partial charge in [-0.25, -0.2) is 4.79 Å². The summed E-state index contributed by atoms with van der Waals surface area (Å²) < 4.78 is 32.0. The van der Waals surface area contributed by atoms with E-state index in [2.05, 4.69) is 0 Å². The number of aromatic hydroxyl groups is 18. The van der Waals surface area contributed by atoms with Gasteiger partial charge in [0, 0.05) is 93.1 Å². The van der Waals surface area contributed by atoms with Gasteiger partial charge in [0.15, 0.2) is 93.4 Å². The van der Waals surface area contributed by atoms with Gasteiger partial charge >= 0.3 is 5.97 Å². The summed E-state index contributed by atoms with van der Waals surface area (Å²) in [6, 6.07) is 14.9. The Balaban J connectivity index is 1.06. The summed E-state index contributed by atoms with van der Waals surface area (Å²) in [5.41, 5.74) is -4.97. The highest BCUT2D eigenvalue weighted by Crippen LogP contribution is 2.65. The Morgan fingerprint density at radius 1 is 0.354 bits per heavy atom. The molecule has 4 aliphatic heterocycles. The van der Waals surface area contributed by atoms with Crippen molar-refractivity contribution in [3.05, 3.63) is 181 Å². The van der Waals surface area contributed by atoms with Crippen molar-refractivity contribution in [2.24, 2.45) is 0 Å². The summed E-state index contributed by atoms with van der Waals surface area (Å²) in [7, 11) is 0. The molecule has 12 atom stereocenters. The Morgan fingerprint density at radius 3 is 1.18 bits per heavy atom. The van der Waals surface area contributed by atoms with Crippen LogP contribution in [0.5, 0.6) is 121 Å². The van der Waals surface area contributed by atoms with Crippen LogP contribution in [0.2, 0.25) is 0 Å². The SMILES string of the molecule is O=C(O[C@@H]1Cc2c(O)cc(O)c(C3c4c(O)cc(O)c(C5c6c(O)cc(O)c(C7C8=C(C=C(O)CC8O)OC(c8ccc(O)c(O)c8)[C@H]7O)c6OC(c6ccc(O)c(O)c6)[C@@H]5O)c4OC(c4cc(O)c(O)c(O)c4)[C@@H]3O)c2OC1c1ccc(O)c(O)c1)c1cc(O)c(O)c(O)c1. The number of esters is 1. The third-order valence-electron chi connectivity index (χ3n) is 17.9. The van der Waals surface area contributed by atoms with Crippen LogP contribution in [0, 0.1) is 0 Å². The van der Waals surface area contributed by atoms with E-state index in [1.54, 1.807) is 0 Å². The fraction of sp³-hybridized carbons (Fsp3) is 0.209. The first-order chi connectivity index (χ1) is 45.5. The number of hydrogen-bond acceptors (Lipinski definition) is 29. The highest BCUT2D eigenvalue weighted by Gasteiger charge is 2.54. The molecule has 0 saturated heterocycles. The Morgan fingerprint density at radius 2 is 0.719 bits per heavy atom. The topological polar surface area (TPSA) is 529 Å². The average Bonchev–Trinajstić information content (AvgIpc) is 0.711. The summed E-state index contributed by atoms with van der Waals surface area (Å²) in [5.74, 6) is -25.9. The van der Waals surface area contributed by atoms with Gasteiger partial charge in [-0.05, 0) is 71.8 Å². The molecule has 1 aliphatic carbocycles. The summed E-state index contributed by atoms with van der Waals surface area (Å²) in [6.07, 6.45) is -17.4. The minimum atomic E-state index is -2.29. The lowest BCUT2D eigenvalue weighted by Crippen LogP contribution is -2.41. The molecule has 498 valence electrons. The van der Waals surface area contributed by atoms with E-state index in [1.165, 1.54) is 12.1 Å². The van der Waals surface area contributed by atoms with Crippen molar-refractivity contribution in [2.75, 3.05) is 0 Å². The maximum absolute atomic E-state index is 13.9. The van der Waals surface area contributed by atoms with Crippen LogP contribution >= 0.6 is 0 Å². The monoisotopic (exact) mass is 1320 g/mol. The van der Waals surface area contributed by atoms with Crippen molar-refractivity contribution in [3.63, 3.8) is 0 Å². The number of aliphatic hydroxyl groups is 5. The number of benzene rings is 8. The molecular weight excluding hydrogens is 1270 g/mol. The van der Waals surface area contributed by atoms with Crippen molar-refractivity contribution in [2.45, 2.75) is 85.5 Å². The molecule has 13 rings (SSSR count). The van der Waals surface area contributed by atoms with Gasteiger partial charge in [-0.3, -0.25) is 0 Å². The normalized spacial score (nSPS) is 24.1. The van der Waals surface area contributed by atoms with Crippen LogP contribution in [-0.2, 0) is 15.9 Å². The number of rotatable bonds is 9. The van der Waals surface area contributed by atoms with Crippen LogP contribution in [0.4, 0.5) is 0 Å². The molecule has 96 heavy (non-hydrogen) atoms. The predicted octanol–water partition coefficient (Wildman–Crippen LogP) is 6.22. The molecule has 0 bridgehead atoms. The van der Waals surface area contributed by atoms with Gasteiger partial charge in [-0.2, -0.15) is 0 Å².